The molecule has 1 aromatic heterocycles. The van der Waals surface area contributed by atoms with Crippen molar-refractivity contribution < 1.29 is 14.3 Å². The van der Waals surface area contributed by atoms with E-state index in [4.69, 9.17) is 9.47 Å². The Kier molecular flexibility index (Phi) is 3.85. The van der Waals surface area contributed by atoms with Crippen LogP contribution in [0.3, 0.4) is 0 Å². The molecule has 3 fully saturated rings. The average molecular weight is 316 g/mol. The van der Waals surface area contributed by atoms with E-state index in [0.29, 0.717) is 25.0 Å². The topological polar surface area (TPSA) is 51.7 Å². The van der Waals surface area contributed by atoms with Gasteiger partial charge in [-0.05, 0) is 38.3 Å². The van der Waals surface area contributed by atoms with E-state index in [-0.39, 0.29) is 11.7 Å². The predicted molar refractivity (Wildman–Crippen MR) is 84.8 cm³/mol. The number of amides is 1. The van der Waals surface area contributed by atoms with E-state index in [1.54, 1.807) is 0 Å². The van der Waals surface area contributed by atoms with E-state index in [1.165, 1.54) is 0 Å². The first-order chi connectivity index (χ1) is 11.1. The van der Waals surface area contributed by atoms with Gasteiger partial charge in [0.1, 0.15) is 0 Å². The molecule has 5 nitrogen and oxygen atoms in total. The molecule has 1 amide bonds. The number of rotatable bonds is 4. The zero-order valence-electron chi connectivity index (χ0n) is 13.7. The summed E-state index contributed by atoms with van der Waals surface area (Å²) in [6.07, 6.45) is 4.06. The third kappa shape index (κ3) is 3.26. The first-order valence-electron chi connectivity index (χ1n) is 8.60. The van der Waals surface area contributed by atoms with Crippen molar-refractivity contribution in [2.24, 2.45) is 5.92 Å². The summed E-state index contributed by atoms with van der Waals surface area (Å²) >= 11 is 0. The van der Waals surface area contributed by atoms with Gasteiger partial charge in [-0.1, -0.05) is 6.07 Å². The lowest BCUT2D eigenvalue weighted by Gasteiger charge is -2.23. The Hall–Kier alpha value is -1.46. The summed E-state index contributed by atoms with van der Waals surface area (Å²) in [4.78, 5) is 18.7. The number of carbonyl (C=O) groups excluding carboxylic acids is 1. The molecular formula is C18H24N2O3. The Morgan fingerprint density at radius 2 is 2.35 bits per heavy atom. The van der Waals surface area contributed by atoms with Crippen molar-refractivity contribution in [1.82, 2.24) is 9.88 Å². The van der Waals surface area contributed by atoms with Crippen LogP contribution in [0, 0.1) is 12.8 Å². The highest BCUT2D eigenvalue weighted by Crippen LogP contribution is 2.39. The van der Waals surface area contributed by atoms with Crippen molar-refractivity contribution in [3.63, 3.8) is 0 Å². The van der Waals surface area contributed by atoms with Crippen LogP contribution in [0.5, 0.6) is 0 Å². The maximum Gasteiger partial charge on any atom is 0.225 e. The van der Waals surface area contributed by atoms with Crippen LogP contribution in [0.2, 0.25) is 0 Å². The molecule has 0 aromatic carbocycles. The molecule has 1 aliphatic carbocycles. The van der Waals surface area contributed by atoms with Gasteiger partial charge in [0.15, 0.2) is 0 Å². The van der Waals surface area contributed by atoms with Crippen LogP contribution in [0.4, 0.5) is 0 Å². The summed E-state index contributed by atoms with van der Waals surface area (Å²) in [5.41, 5.74) is 1.80. The van der Waals surface area contributed by atoms with E-state index >= 15 is 0 Å². The molecular weight excluding hydrogens is 292 g/mol. The van der Waals surface area contributed by atoms with Crippen molar-refractivity contribution >= 4 is 5.91 Å². The zero-order valence-corrected chi connectivity index (χ0v) is 13.7. The summed E-state index contributed by atoms with van der Waals surface area (Å²) in [6, 6.07) is 5.98. The summed E-state index contributed by atoms with van der Waals surface area (Å²) in [7, 11) is 0. The molecule has 124 valence electrons. The van der Waals surface area contributed by atoms with E-state index in [1.807, 2.05) is 30.0 Å². The van der Waals surface area contributed by atoms with Crippen molar-refractivity contribution in [2.75, 3.05) is 19.7 Å². The van der Waals surface area contributed by atoms with Crippen LogP contribution in [0.1, 0.15) is 37.1 Å². The maximum absolute atomic E-state index is 12.2. The van der Waals surface area contributed by atoms with E-state index in [0.717, 1.165) is 50.2 Å². The van der Waals surface area contributed by atoms with Gasteiger partial charge < -0.3 is 14.4 Å². The molecule has 1 aromatic rings. The summed E-state index contributed by atoms with van der Waals surface area (Å²) in [5.74, 6) is 0.629. The Morgan fingerprint density at radius 3 is 3.13 bits per heavy atom. The van der Waals surface area contributed by atoms with Crippen LogP contribution >= 0.6 is 0 Å². The standard InChI is InChI=1S/C18H24N2O3/c1-13-3-2-4-15(19-13)10-22-16-9-18(23-11-16)7-8-20(12-18)17(21)14-5-6-14/h2-4,14,16H,5-12H2,1H3/t16-,18+/m1/s1. The molecule has 3 aliphatic rings. The van der Waals surface area contributed by atoms with Crippen molar-refractivity contribution in [3.8, 4) is 0 Å². The normalized spacial score (nSPS) is 30.3. The van der Waals surface area contributed by atoms with Gasteiger partial charge in [-0.25, -0.2) is 0 Å². The second-order valence-corrected chi connectivity index (χ2v) is 7.19. The molecule has 23 heavy (non-hydrogen) atoms. The number of hydrogen-bond acceptors (Lipinski definition) is 4. The minimum atomic E-state index is -0.171. The first-order valence-corrected chi connectivity index (χ1v) is 8.60. The fraction of sp³-hybridized carbons (Fsp3) is 0.667. The minimum Gasteiger partial charge on any atom is -0.370 e. The molecule has 2 atom stereocenters. The van der Waals surface area contributed by atoms with Crippen LogP contribution in [0.15, 0.2) is 18.2 Å². The molecule has 4 rings (SSSR count). The fourth-order valence-electron chi connectivity index (χ4n) is 3.70. The number of ether oxygens (including phenoxy) is 2. The lowest BCUT2D eigenvalue weighted by Crippen LogP contribution is -2.36. The Balaban J connectivity index is 1.30. The minimum absolute atomic E-state index is 0.105. The third-order valence-corrected chi connectivity index (χ3v) is 5.14. The van der Waals surface area contributed by atoms with Crippen molar-refractivity contribution in [1.29, 1.82) is 0 Å². The molecule has 1 saturated carbocycles. The number of nitrogens with zero attached hydrogens (tertiary/aromatic N) is 2. The number of pyridine rings is 1. The summed E-state index contributed by atoms with van der Waals surface area (Å²) in [5, 5.41) is 0. The Labute approximate surface area is 137 Å². The van der Waals surface area contributed by atoms with Gasteiger partial charge in [0.25, 0.3) is 0 Å². The molecule has 1 spiro atoms. The molecule has 0 N–H and O–H groups in total. The van der Waals surface area contributed by atoms with Crippen LogP contribution in [0.25, 0.3) is 0 Å². The van der Waals surface area contributed by atoms with Gasteiger partial charge in [-0.2, -0.15) is 0 Å². The lowest BCUT2D eigenvalue weighted by atomic mass is 9.98. The van der Waals surface area contributed by atoms with Gasteiger partial charge in [0.05, 0.1) is 30.6 Å². The molecule has 5 heteroatoms. The molecule has 0 radical (unpaired) electrons. The maximum atomic E-state index is 12.2. The van der Waals surface area contributed by atoms with Crippen molar-refractivity contribution in [3.05, 3.63) is 29.6 Å². The number of carbonyl (C=O) groups is 1. The lowest BCUT2D eigenvalue weighted by molar-refractivity contribution is -0.132. The molecule has 0 bridgehead atoms. The highest BCUT2D eigenvalue weighted by molar-refractivity contribution is 5.81. The monoisotopic (exact) mass is 316 g/mol. The second kappa shape index (κ2) is 5.87. The van der Waals surface area contributed by atoms with Gasteiger partial charge >= 0.3 is 0 Å². The number of hydrogen-bond donors (Lipinski definition) is 0. The van der Waals surface area contributed by atoms with Crippen LogP contribution < -0.4 is 0 Å². The summed E-state index contributed by atoms with van der Waals surface area (Å²) in [6.45, 7) is 4.71. The molecule has 3 heterocycles. The third-order valence-electron chi connectivity index (χ3n) is 5.14. The number of aromatic nitrogens is 1. The zero-order chi connectivity index (χ0) is 15.9. The van der Waals surface area contributed by atoms with Crippen molar-refractivity contribution in [2.45, 2.75) is 50.9 Å². The average Bonchev–Trinajstić information content (AvgIpc) is 3.21. The fourth-order valence-corrected chi connectivity index (χ4v) is 3.70. The smallest absolute Gasteiger partial charge is 0.225 e. The van der Waals surface area contributed by atoms with E-state index < -0.39 is 0 Å². The van der Waals surface area contributed by atoms with Gasteiger partial charge in [0.2, 0.25) is 5.91 Å². The van der Waals surface area contributed by atoms with Gasteiger partial charge in [0, 0.05) is 31.1 Å². The van der Waals surface area contributed by atoms with E-state index in [2.05, 4.69) is 4.98 Å². The molecule has 2 saturated heterocycles. The summed E-state index contributed by atoms with van der Waals surface area (Å²) < 4.78 is 12.1. The predicted octanol–water partition coefficient (Wildman–Crippen LogP) is 2.08. The second-order valence-electron chi connectivity index (χ2n) is 7.19. The van der Waals surface area contributed by atoms with Crippen LogP contribution in [-0.4, -0.2) is 47.2 Å². The molecule has 2 aliphatic heterocycles. The number of aryl methyl sites for hydroxylation is 1. The Bertz CT molecular complexity index is 602. The van der Waals surface area contributed by atoms with Gasteiger partial charge in [-0.15, -0.1) is 0 Å². The Morgan fingerprint density at radius 1 is 1.48 bits per heavy atom. The van der Waals surface area contributed by atoms with E-state index in [9.17, 15) is 4.79 Å². The SMILES string of the molecule is Cc1cccc(CO[C@H]2CO[C@@]3(CCN(C(=O)C4CC4)C3)C2)n1. The first kappa shape index (κ1) is 15.1. The largest absolute Gasteiger partial charge is 0.370 e. The van der Waals surface area contributed by atoms with Crippen LogP contribution in [-0.2, 0) is 20.9 Å². The highest BCUT2D eigenvalue weighted by Gasteiger charge is 2.48. The van der Waals surface area contributed by atoms with Gasteiger partial charge in [-0.3, -0.25) is 9.78 Å². The number of likely N-dealkylation sites (tertiary alicyclic amines) is 1. The molecule has 0 unspecified atom stereocenters. The highest BCUT2D eigenvalue weighted by atomic mass is 16.6. The quantitative estimate of drug-likeness (QED) is 0.853.